The first kappa shape index (κ1) is 36.0. The van der Waals surface area contributed by atoms with E-state index in [0.717, 1.165) is 39.0 Å². The Hall–Kier alpha value is -2.01. The molecule has 1 heterocycles. The summed E-state index contributed by atoms with van der Waals surface area (Å²) in [5, 5.41) is 9.62. The minimum atomic E-state index is -4.76. The minimum Gasteiger partial charge on any atom is -0.481 e. The Morgan fingerprint density at radius 3 is 1.98 bits per heavy atom. The number of methoxy groups -OCH3 is 2. The van der Waals surface area contributed by atoms with Crippen LogP contribution in [0.15, 0.2) is 18.2 Å². The average Bonchev–Trinajstić information content (AvgIpc) is 2.93. The molecule has 1 aromatic heterocycles. The standard InChI is InChI=1S/C29H47F3N2O5S/c1-5-6-7-8-9-10-11-12-13-14-15-16-17-18-22(20-40)26(27-33-23(37-3)19-24(34-27)38-4)39-25(28(35)36)21(2)29(30,31)32/h12-13,19,21-22,25-26,40H,5-11,14-18,20H2,1-4H3,(H,35,36). The van der Waals surface area contributed by atoms with Crippen molar-refractivity contribution >= 4 is 18.6 Å². The van der Waals surface area contributed by atoms with Crippen LogP contribution in [0, 0.1) is 11.8 Å². The number of hydrogen-bond donors (Lipinski definition) is 2. The molecule has 0 aliphatic carbocycles. The van der Waals surface area contributed by atoms with E-state index >= 15 is 0 Å². The highest BCUT2D eigenvalue weighted by Gasteiger charge is 2.47. The van der Waals surface area contributed by atoms with E-state index in [0.29, 0.717) is 6.42 Å². The Labute approximate surface area is 242 Å². The van der Waals surface area contributed by atoms with Crippen molar-refractivity contribution in [3.63, 3.8) is 0 Å². The number of carboxylic acid groups (broad SMARTS) is 1. The van der Waals surface area contributed by atoms with Gasteiger partial charge in [0, 0.05) is 5.92 Å². The fraction of sp³-hybridized carbons (Fsp3) is 0.759. The maximum absolute atomic E-state index is 13.5. The monoisotopic (exact) mass is 592 g/mol. The SMILES string of the molecule is CCCCCCCCC=CCCCCCC(CS)C(OC(C(=O)O)C(C)C(F)(F)F)c1nc(OC)cc(OC)n1. The Bertz CT molecular complexity index is 850. The molecule has 40 heavy (non-hydrogen) atoms. The van der Waals surface area contributed by atoms with Gasteiger partial charge in [-0.2, -0.15) is 35.8 Å². The van der Waals surface area contributed by atoms with Crippen LogP contribution >= 0.6 is 12.6 Å². The van der Waals surface area contributed by atoms with Gasteiger partial charge < -0.3 is 19.3 Å². The molecule has 11 heteroatoms. The summed E-state index contributed by atoms with van der Waals surface area (Å²) >= 11 is 4.42. The Balaban J connectivity index is 2.86. The number of ether oxygens (including phenoxy) is 3. The number of thiol groups is 1. The van der Waals surface area contributed by atoms with Crippen molar-refractivity contribution in [1.29, 1.82) is 0 Å². The quantitative estimate of drug-likeness (QED) is 0.0801. The lowest BCUT2D eigenvalue weighted by Crippen LogP contribution is -2.41. The lowest BCUT2D eigenvalue weighted by Gasteiger charge is -2.31. The van der Waals surface area contributed by atoms with E-state index in [4.69, 9.17) is 14.2 Å². The molecule has 0 aromatic carbocycles. The van der Waals surface area contributed by atoms with Gasteiger partial charge in [0.25, 0.3) is 0 Å². The van der Waals surface area contributed by atoms with Crippen LogP contribution in [-0.2, 0) is 9.53 Å². The van der Waals surface area contributed by atoms with Gasteiger partial charge >= 0.3 is 12.1 Å². The number of aromatic nitrogens is 2. The summed E-state index contributed by atoms with van der Waals surface area (Å²) in [6.45, 7) is 3.01. The van der Waals surface area contributed by atoms with Crippen LogP contribution in [0.2, 0.25) is 0 Å². The second-order valence-corrected chi connectivity index (χ2v) is 10.4. The number of rotatable bonds is 22. The van der Waals surface area contributed by atoms with Crippen LogP contribution in [0.4, 0.5) is 13.2 Å². The molecule has 0 radical (unpaired) electrons. The largest absolute Gasteiger partial charge is 0.481 e. The number of allylic oxidation sites excluding steroid dienone is 2. The maximum Gasteiger partial charge on any atom is 0.394 e. The molecule has 0 saturated heterocycles. The fourth-order valence-electron chi connectivity index (χ4n) is 4.32. The van der Waals surface area contributed by atoms with Crippen LogP contribution in [0.25, 0.3) is 0 Å². The highest BCUT2D eigenvalue weighted by molar-refractivity contribution is 7.80. The molecule has 1 aromatic rings. The van der Waals surface area contributed by atoms with Crippen LogP contribution in [0.3, 0.4) is 0 Å². The molecule has 0 fully saturated rings. The normalized spacial score (nSPS) is 15.1. The smallest absolute Gasteiger partial charge is 0.394 e. The number of alkyl halides is 3. The van der Waals surface area contributed by atoms with Gasteiger partial charge in [0.05, 0.1) is 26.2 Å². The number of carbonyl (C=O) groups is 1. The number of halogens is 3. The van der Waals surface area contributed by atoms with Crippen molar-refractivity contribution < 1.29 is 37.3 Å². The Morgan fingerprint density at radius 1 is 0.975 bits per heavy atom. The lowest BCUT2D eigenvalue weighted by atomic mass is 9.95. The van der Waals surface area contributed by atoms with Gasteiger partial charge in [-0.1, -0.05) is 70.9 Å². The highest BCUT2D eigenvalue weighted by Crippen LogP contribution is 2.37. The van der Waals surface area contributed by atoms with Crippen molar-refractivity contribution in [2.75, 3.05) is 20.0 Å². The maximum atomic E-state index is 13.5. The van der Waals surface area contributed by atoms with Crippen molar-refractivity contribution in [3.05, 3.63) is 24.0 Å². The van der Waals surface area contributed by atoms with Gasteiger partial charge in [-0.05, 0) is 37.9 Å². The molecule has 0 saturated carbocycles. The van der Waals surface area contributed by atoms with Crippen LogP contribution in [0.5, 0.6) is 11.8 Å². The zero-order chi connectivity index (χ0) is 30.0. The summed E-state index contributed by atoms with van der Waals surface area (Å²) in [6.07, 6.45) is 9.29. The molecule has 0 aliphatic heterocycles. The third-order valence-electron chi connectivity index (χ3n) is 6.88. The minimum absolute atomic E-state index is 0.00602. The van der Waals surface area contributed by atoms with Gasteiger partial charge in [0.15, 0.2) is 11.9 Å². The molecular formula is C29H47F3N2O5S. The Morgan fingerprint density at radius 2 is 1.50 bits per heavy atom. The van der Waals surface area contributed by atoms with E-state index in [9.17, 15) is 23.1 Å². The summed E-state index contributed by atoms with van der Waals surface area (Å²) in [4.78, 5) is 20.4. The third-order valence-corrected chi connectivity index (χ3v) is 7.34. The van der Waals surface area contributed by atoms with E-state index in [1.807, 2.05) is 0 Å². The predicted molar refractivity (Wildman–Crippen MR) is 153 cm³/mol. The molecule has 7 nitrogen and oxygen atoms in total. The molecule has 0 aliphatic rings. The molecule has 4 unspecified atom stereocenters. The van der Waals surface area contributed by atoms with E-state index in [1.54, 1.807) is 0 Å². The fourth-order valence-corrected chi connectivity index (χ4v) is 4.70. The molecule has 1 rings (SSSR count). The van der Waals surface area contributed by atoms with Gasteiger partial charge in [-0.25, -0.2) is 4.79 Å². The molecular weight excluding hydrogens is 545 g/mol. The second-order valence-electron chi connectivity index (χ2n) is 10.1. The number of carboxylic acids is 1. The zero-order valence-electron chi connectivity index (χ0n) is 24.3. The topological polar surface area (TPSA) is 90.8 Å². The number of unbranched alkanes of at least 4 members (excludes halogenated alkanes) is 9. The van der Waals surface area contributed by atoms with Gasteiger partial charge in [-0.3, -0.25) is 0 Å². The average molecular weight is 593 g/mol. The van der Waals surface area contributed by atoms with Crippen LogP contribution in [0.1, 0.15) is 103 Å². The number of aliphatic carboxylic acids is 1. The molecule has 4 atom stereocenters. The van der Waals surface area contributed by atoms with Crippen molar-refractivity contribution in [3.8, 4) is 11.8 Å². The predicted octanol–water partition coefficient (Wildman–Crippen LogP) is 8.01. The van der Waals surface area contributed by atoms with Crippen molar-refractivity contribution in [2.45, 2.75) is 109 Å². The summed E-state index contributed by atoms with van der Waals surface area (Å²) in [7, 11) is 2.76. The highest BCUT2D eigenvalue weighted by atomic mass is 32.1. The summed E-state index contributed by atoms with van der Waals surface area (Å²) in [5.74, 6) is -3.93. The van der Waals surface area contributed by atoms with Crippen LogP contribution in [-0.4, -0.2) is 53.3 Å². The van der Waals surface area contributed by atoms with E-state index in [1.165, 1.54) is 58.8 Å². The number of nitrogens with zero attached hydrogens (tertiary/aromatic N) is 2. The van der Waals surface area contributed by atoms with E-state index in [2.05, 4.69) is 41.7 Å². The first-order chi connectivity index (χ1) is 19.1. The Kier molecular flexibility index (Phi) is 18.0. The van der Waals surface area contributed by atoms with Gasteiger partial charge in [-0.15, -0.1) is 0 Å². The molecule has 0 bridgehead atoms. The zero-order valence-corrected chi connectivity index (χ0v) is 25.2. The summed E-state index contributed by atoms with van der Waals surface area (Å²) in [6, 6.07) is 1.42. The van der Waals surface area contributed by atoms with E-state index in [-0.39, 0.29) is 23.3 Å². The van der Waals surface area contributed by atoms with Crippen molar-refractivity contribution in [1.82, 2.24) is 9.97 Å². The molecule has 0 amide bonds. The van der Waals surface area contributed by atoms with Gasteiger partial charge in [0.1, 0.15) is 6.10 Å². The van der Waals surface area contributed by atoms with Crippen molar-refractivity contribution in [2.24, 2.45) is 11.8 Å². The lowest BCUT2D eigenvalue weighted by molar-refractivity contribution is -0.219. The summed E-state index contributed by atoms with van der Waals surface area (Å²) < 4.78 is 56.5. The molecule has 0 spiro atoms. The van der Waals surface area contributed by atoms with E-state index < -0.39 is 36.2 Å². The first-order valence-corrected chi connectivity index (χ1v) is 14.9. The van der Waals surface area contributed by atoms with Crippen LogP contribution < -0.4 is 9.47 Å². The third kappa shape index (κ3) is 13.6. The molecule has 1 N–H and O–H groups in total. The summed E-state index contributed by atoms with van der Waals surface area (Å²) in [5.41, 5.74) is 0. The number of hydrogen-bond acceptors (Lipinski definition) is 7. The van der Waals surface area contributed by atoms with Gasteiger partial charge in [0.2, 0.25) is 11.8 Å². The first-order valence-electron chi connectivity index (χ1n) is 14.3. The second kappa shape index (κ2) is 20.0. The molecule has 230 valence electrons.